The molecule has 39 heavy (non-hydrogen) atoms. The first-order chi connectivity index (χ1) is 18.9. The maximum absolute atomic E-state index is 14.0. The third-order valence-corrected chi connectivity index (χ3v) is 8.03. The third-order valence-electron chi connectivity index (χ3n) is 8.03. The monoisotopic (exact) mass is 531 g/mol. The molecule has 1 aliphatic heterocycles. The number of esters is 1. The maximum Gasteiger partial charge on any atom is 0.337 e. The molecule has 0 amide bonds. The summed E-state index contributed by atoms with van der Waals surface area (Å²) < 4.78 is 22.9. The van der Waals surface area contributed by atoms with E-state index in [1.165, 1.54) is 0 Å². The van der Waals surface area contributed by atoms with Crippen LogP contribution in [0, 0.1) is 0 Å². The number of allylic oxidation sites excluding steroid dienone is 3. The number of para-hydroxylation sites is 1. The Bertz CT molecular complexity index is 1320. The van der Waals surface area contributed by atoms with Crippen molar-refractivity contribution < 1.29 is 28.5 Å². The van der Waals surface area contributed by atoms with Gasteiger partial charge in [0.15, 0.2) is 17.3 Å². The normalized spacial score (nSPS) is 21.4. The van der Waals surface area contributed by atoms with E-state index < -0.39 is 5.92 Å². The van der Waals surface area contributed by atoms with Gasteiger partial charge in [-0.05, 0) is 75.6 Å². The zero-order valence-electron chi connectivity index (χ0n) is 23.2. The van der Waals surface area contributed by atoms with E-state index in [0.717, 1.165) is 42.5 Å². The SMILES string of the molecule is CCOc1ccccc1[C@@H]1C(C(=O)OC2CCCC2)=C(C)NC2=C1C(=O)C[C@H](c1ccc(OC)c(OC)c1)C2. The lowest BCUT2D eigenvalue weighted by Gasteiger charge is -2.37. The molecular weight excluding hydrogens is 494 g/mol. The van der Waals surface area contributed by atoms with Crippen LogP contribution in [0.5, 0.6) is 17.2 Å². The molecule has 1 heterocycles. The molecule has 0 saturated heterocycles. The number of dihydropyridines is 1. The fraction of sp³-hybridized carbons (Fsp3) is 0.438. The summed E-state index contributed by atoms with van der Waals surface area (Å²) in [7, 11) is 3.22. The number of Topliss-reactive ketones (excluding diaryl/α,β-unsaturated/α-hetero) is 1. The lowest BCUT2D eigenvalue weighted by molar-refractivity contribution is -0.144. The van der Waals surface area contributed by atoms with Crippen molar-refractivity contribution in [1.82, 2.24) is 5.32 Å². The van der Waals surface area contributed by atoms with Crippen molar-refractivity contribution in [3.63, 3.8) is 0 Å². The van der Waals surface area contributed by atoms with Crippen LogP contribution in [0.3, 0.4) is 0 Å². The quantitative estimate of drug-likeness (QED) is 0.422. The minimum Gasteiger partial charge on any atom is -0.494 e. The molecule has 7 heteroatoms. The lowest BCUT2D eigenvalue weighted by Crippen LogP contribution is -2.36. The second-order valence-electron chi connectivity index (χ2n) is 10.4. The Labute approximate surface area is 230 Å². The Morgan fingerprint density at radius 3 is 2.44 bits per heavy atom. The van der Waals surface area contributed by atoms with E-state index in [1.807, 2.05) is 56.3 Å². The van der Waals surface area contributed by atoms with Crippen molar-refractivity contribution in [2.24, 2.45) is 0 Å². The molecule has 5 rings (SSSR count). The summed E-state index contributed by atoms with van der Waals surface area (Å²) in [5.74, 6) is 1.02. The summed E-state index contributed by atoms with van der Waals surface area (Å²) in [6, 6.07) is 13.5. The molecule has 1 fully saturated rings. The molecule has 0 spiro atoms. The van der Waals surface area contributed by atoms with Gasteiger partial charge in [-0.3, -0.25) is 4.79 Å². The van der Waals surface area contributed by atoms with E-state index in [1.54, 1.807) is 14.2 Å². The molecule has 0 bridgehead atoms. The predicted molar refractivity (Wildman–Crippen MR) is 148 cm³/mol. The second-order valence-corrected chi connectivity index (χ2v) is 10.4. The van der Waals surface area contributed by atoms with E-state index in [4.69, 9.17) is 18.9 Å². The molecule has 2 atom stereocenters. The Hall–Kier alpha value is -3.74. The number of hydrogen-bond acceptors (Lipinski definition) is 7. The maximum atomic E-state index is 14.0. The molecule has 3 aliphatic rings. The van der Waals surface area contributed by atoms with Gasteiger partial charge in [0.25, 0.3) is 0 Å². The summed E-state index contributed by atoms with van der Waals surface area (Å²) in [4.78, 5) is 27.7. The van der Waals surface area contributed by atoms with Crippen molar-refractivity contribution in [2.75, 3.05) is 20.8 Å². The Morgan fingerprint density at radius 2 is 1.72 bits per heavy atom. The number of hydrogen-bond donors (Lipinski definition) is 1. The van der Waals surface area contributed by atoms with Gasteiger partial charge in [0.2, 0.25) is 0 Å². The van der Waals surface area contributed by atoms with Gasteiger partial charge in [0, 0.05) is 29.0 Å². The van der Waals surface area contributed by atoms with Crippen LogP contribution in [0.25, 0.3) is 0 Å². The minimum atomic E-state index is -0.559. The fourth-order valence-corrected chi connectivity index (χ4v) is 6.19. The van der Waals surface area contributed by atoms with Gasteiger partial charge in [-0.15, -0.1) is 0 Å². The highest BCUT2D eigenvalue weighted by molar-refractivity contribution is 6.04. The van der Waals surface area contributed by atoms with E-state index >= 15 is 0 Å². The first-order valence-corrected chi connectivity index (χ1v) is 13.8. The zero-order valence-corrected chi connectivity index (χ0v) is 23.2. The Kier molecular flexibility index (Phi) is 7.96. The van der Waals surface area contributed by atoms with Crippen LogP contribution in [0.1, 0.15) is 75.3 Å². The number of ether oxygens (including phenoxy) is 4. The predicted octanol–water partition coefficient (Wildman–Crippen LogP) is 5.95. The van der Waals surface area contributed by atoms with Crippen LogP contribution in [0.2, 0.25) is 0 Å². The number of rotatable bonds is 8. The van der Waals surface area contributed by atoms with Gasteiger partial charge in [-0.2, -0.15) is 0 Å². The molecule has 0 aromatic heterocycles. The molecule has 206 valence electrons. The van der Waals surface area contributed by atoms with Crippen LogP contribution in [-0.4, -0.2) is 38.7 Å². The molecule has 2 aromatic carbocycles. The molecule has 2 aromatic rings. The topological polar surface area (TPSA) is 83.1 Å². The van der Waals surface area contributed by atoms with Crippen molar-refractivity contribution in [1.29, 1.82) is 0 Å². The molecule has 1 N–H and O–H groups in total. The first kappa shape index (κ1) is 26.9. The minimum absolute atomic E-state index is 0.0125. The molecule has 0 radical (unpaired) electrons. The Balaban J connectivity index is 1.56. The summed E-state index contributed by atoms with van der Waals surface area (Å²) in [6.07, 6.45) is 4.77. The number of ketones is 1. The summed E-state index contributed by atoms with van der Waals surface area (Å²) in [5.41, 5.74) is 4.50. The van der Waals surface area contributed by atoms with Crippen LogP contribution in [0.4, 0.5) is 0 Å². The Morgan fingerprint density at radius 1 is 0.974 bits per heavy atom. The van der Waals surface area contributed by atoms with Gasteiger partial charge in [0.05, 0.1) is 32.3 Å². The summed E-state index contributed by atoms with van der Waals surface area (Å²) in [6.45, 7) is 4.31. The smallest absolute Gasteiger partial charge is 0.337 e. The molecule has 1 saturated carbocycles. The highest BCUT2D eigenvalue weighted by atomic mass is 16.5. The van der Waals surface area contributed by atoms with Crippen LogP contribution in [-0.2, 0) is 14.3 Å². The van der Waals surface area contributed by atoms with Crippen molar-refractivity contribution >= 4 is 11.8 Å². The van der Waals surface area contributed by atoms with Gasteiger partial charge in [-0.1, -0.05) is 24.3 Å². The lowest BCUT2D eigenvalue weighted by atomic mass is 9.71. The average molecular weight is 532 g/mol. The number of benzene rings is 2. The van der Waals surface area contributed by atoms with Gasteiger partial charge < -0.3 is 24.3 Å². The van der Waals surface area contributed by atoms with E-state index in [-0.39, 0.29) is 23.8 Å². The van der Waals surface area contributed by atoms with Crippen LogP contribution >= 0.6 is 0 Å². The number of carbonyl (C=O) groups is 2. The largest absolute Gasteiger partial charge is 0.494 e. The van der Waals surface area contributed by atoms with Gasteiger partial charge >= 0.3 is 5.97 Å². The van der Waals surface area contributed by atoms with Crippen molar-refractivity contribution in [2.45, 2.75) is 70.3 Å². The third kappa shape index (κ3) is 5.27. The summed E-state index contributed by atoms with van der Waals surface area (Å²) >= 11 is 0. The number of methoxy groups -OCH3 is 2. The molecular formula is C32H37NO6. The molecule has 7 nitrogen and oxygen atoms in total. The van der Waals surface area contributed by atoms with Crippen molar-refractivity contribution in [3.8, 4) is 17.2 Å². The standard InChI is InChI=1S/C32H37NO6/c1-5-38-26-13-9-8-12-23(26)30-29(32(35)39-22-10-6-7-11-22)19(2)33-24-16-21(17-25(34)31(24)30)20-14-15-27(36-3)28(18-20)37-4/h8-9,12-15,18,21-22,30,33H,5-7,10-11,16-17H2,1-4H3/t21-,30-/m1/s1. The summed E-state index contributed by atoms with van der Waals surface area (Å²) in [5, 5.41) is 3.45. The molecule has 2 aliphatic carbocycles. The van der Waals surface area contributed by atoms with E-state index in [2.05, 4.69) is 5.32 Å². The van der Waals surface area contributed by atoms with E-state index in [0.29, 0.717) is 53.5 Å². The van der Waals surface area contributed by atoms with Gasteiger partial charge in [0.1, 0.15) is 11.9 Å². The highest BCUT2D eigenvalue weighted by Gasteiger charge is 2.43. The second kappa shape index (κ2) is 11.6. The fourth-order valence-electron chi connectivity index (χ4n) is 6.19. The van der Waals surface area contributed by atoms with Crippen LogP contribution in [0.15, 0.2) is 65.0 Å². The molecule has 0 unspecified atom stereocenters. The zero-order chi connectivity index (χ0) is 27.5. The van der Waals surface area contributed by atoms with E-state index in [9.17, 15) is 9.59 Å². The highest BCUT2D eigenvalue weighted by Crippen LogP contribution is 2.48. The van der Waals surface area contributed by atoms with Gasteiger partial charge in [-0.25, -0.2) is 4.79 Å². The number of nitrogens with one attached hydrogen (secondary N) is 1. The van der Waals surface area contributed by atoms with Crippen LogP contribution < -0.4 is 19.5 Å². The first-order valence-electron chi connectivity index (χ1n) is 13.8. The number of carbonyl (C=O) groups excluding carboxylic acids is 2. The average Bonchev–Trinajstić information content (AvgIpc) is 3.45. The van der Waals surface area contributed by atoms with Crippen molar-refractivity contribution in [3.05, 3.63) is 76.1 Å².